The molecular weight excluding hydrogens is 917 g/mol. The second kappa shape index (κ2) is 17.1. The van der Waals surface area contributed by atoms with Crippen LogP contribution >= 0.6 is 0 Å². The molecule has 0 heterocycles. The fourth-order valence-electron chi connectivity index (χ4n) is 22.1. The van der Waals surface area contributed by atoms with Gasteiger partial charge < -0.3 is 9.80 Å². The maximum atomic E-state index is 3.37. The van der Waals surface area contributed by atoms with Gasteiger partial charge in [-0.05, 0) is 254 Å². The van der Waals surface area contributed by atoms with Crippen molar-refractivity contribution in [1.82, 2.24) is 4.90 Å². The summed E-state index contributed by atoms with van der Waals surface area (Å²) >= 11 is 0. The van der Waals surface area contributed by atoms with Crippen LogP contribution in [0.1, 0.15) is 192 Å². The molecule has 76 heavy (non-hydrogen) atoms. The van der Waals surface area contributed by atoms with Crippen molar-refractivity contribution in [3.05, 3.63) is 164 Å². The minimum absolute atomic E-state index is 0.165. The Bertz CT molecular complexity index is 3090. The molecule has 0 amide bonds. The van der Waals surface area contributed by atoms with Gasteiger partial charge in [-0.25, -0.2) is 0 Å². The third-order valence-electron chi connectivity index (χ3n) is 25.5. The first-order valence-corrected chi connectivity index (χ1v) is 32.0. The van der Waals surface area contributed by atoms with Crippen molar-refractivity contribution in [1.29, 1.82) is 0 Å². The predicted octanol–water partition coefficient (Wildman–Crippen LogP) is 18.3. The van der Waals surface area contributed by atoms with Gasteiger partial charge in [0.05, 0.1) is 6.04 Å². The molecule has 396 valence electrons. The second-order valence-electron chi connectivity index (χ2n) is 29.7. The van der Waals surface area contributed by atoms with Crippen LogP contribution in [0.15, 0.2) is 141 Å². The number of benzene rings is 2. The van der Waals surface area contributed by atoms with E-state index in [1.54, 1.807) is 28.0 Å². The van der Waals surface area contributed by atoms with Crippen molar-refractivity contribution >= 4 is 11.8 Å². The maximum Gasteiger partial charge on any atom is 0.0510 e. The van der Waals surface area contributed by atoms with Crippen LogP contribution in [-0.4, -0.2) is 23.0 Å². The molecule has 15 atom stereocenters. The van der Waals surface area contributed by atoms with E-state index in [4.69, 9.17) is 0 Å². The van der Waals surface area contributed by atoms with Crippen molar-refractivity contribution in [3.63, 3.8) is 0 Å². The van der Waals surface area contributed by atoms with Crippen LogP contribution < -0.4 is 4.90 Å². The molecule has 14 unspecified atom stereocenters. The molecule has 14 aliphatic carbocycles. The Balaban J connectivity index is 0.869. The lowest BCUT2D eigenvalue weighted by atomic mass is 9.49. The van der Waals surface area contributed by atoms with E-state index in [0.717, 1.165) is 23.7 Å². The summed E-state index contributed by atoms with van der Waals surface area (Å²) in [6.07, 6.45) is 47.9. The minimum atomic E-state index is 0.165. The molecule has 0 radical (unpaired) electrons. The Morgan fingerprint density at radius 3 is 2.53 bits per heavy atom. The smallest absolute Gasteiger partial charge is 0.0510 e. The lowest BCUT2D eigenvalue weighted by Gasteiger charge is -2.59. The number of hydrogen-bond acceptors (Lipinski definition) is 2. The molecule has 2 nitrogen and oxygen atoms in total. The van der Waals surface area contributed by atoms with E-state index in [0.29, 0.717) is 65.5 Å². The molecule has 2 aromatic carbocycles. The highest BCUT2D eigenvalue weighted by molar-refractivity contribution is 5.69. The fraction of sp³-hybridized carbons (Fsp3) is 0.595. The van der Waals surface area contributed by atoms with Gasteiger partial charge in [0.15, 0.2) is 0 Å². The molecule has 2 aromatic rings. The van der Waals surface area contributed by atoms with Crippen molar-refractivity contribution in [2.75, 3.05) is 4.90 Å². The van der Waals surface area contributed by atoms with E-state index in [2.05, 4.69) is 155 Å². The summed E-state index contributed by atoms with van der Waals surface area (Å²) in [5, 5.41) is 0. The lowest BCUT2D eigenvalue weighted by molar-refractivity contribution is 0.0847. The highest BCUT2D eigenvalue weighted by atomic mass is 15.2. The highest BCUT2D eigenvalue weighted by Gasteiger charge is 2.67. The van der Waals surface area contributed by atoms with Crippen molar-refractivity contribution in [2.24, 2.45) is 75.9 Å². The van der Waals surface area contributed by atoms with Crippen LogP contribution in [0.2, 0.25) is 0 Å². The molecule has 0 aliphatic heterocycles. The SMILES string of the molecule is CCC1CC(N(C2CCC3C=CCCC3C2)C2CCCC3=C2C(C)(C)C2C=CC=CC32)=C2CC3C4=C(C=C(N(c5ccc6c(c5)C=CCC6)C5C6C7C(CC[C@H]65)c5ccccc5C7(C)C)C5CCC1=C2C45)CCC3(C)C. The van der Waals surface area contributed by atoms with Crippen LogP contribution in [0.4, 0.5) is 5.69 Å². The Labute approximate surface area is 458 Å². The first kappa shape index (κ1) is 47.7. The number of nitrogens with zero attached hydrogens (tertiary/aromatic N) is 2. The quantitative estimate of drug-likeness (QED) is 0.255. The van der Waals surface area contributed by atoms with Gasteiger partial charge in [-0.2, -0.15) is 0 Å². The predicted molar refractivity (Wildman–Crippen MR) is 315 cm³/mol. The number of rotatable bonds is 7. The molecule has 0 spiro atoms. The number of fused-ring (bicyclic) bond motifs is 9. The van der Waals surface area contributed by atoms with E-state index in [1.165, 1.54) is 133 Å². The van der Waals surface area contributed by atoms with E-state index < -0.39 is 0 Å². The molecule has 14 aliphatic rings. The largest absolute Gasteiger partial charge is 0.365 e. The lowest BCUT2D eigenvalue weighted by Crippen LogP contribution is -2.52. The highest BCUT2D eigenvalue weighted by Crippen LogP contribution is 2.71. The summed E-state index contributed by atoms with van der Waals surface area (Å²) in [6.45, 7) is 18.7. The molecule has 16 rings (SSSR count). The Kier molecular flexibility index (Phi) is 10.7. The molecule has 2 heteroatoms. The van der Waals surface area contributed by atoms with E-state index in [9.17, 15) is 0 Å². The summed E-state index contributed by atoms with van der Waals surface area (Å²) in [5.41, 5.74) is 25.3. The number of hydrogen-bond donors (Lipinski definition) is 0. The van der Waals surface area contributed by atoms with Crippen molar-refractivity contribution in [2.45, 2.75) is 200 Å². The first-order valence-electron chi connectivity index (χ1n) is 32.0. The maximum absolute atomic E-state index is 3.37. The van der Waals surface area contributed by atoms with Gasteiger partial charge in [0.1, 0.15) is 0 Å². The third-order valence-corrected chi connectivity index (χ3v) is 25.5. The second-order valence-corrected chi connectivity index (χ2v) is 29.7. The van der Waals surface area contributed by atoms with Crippen LogP contribution in [0.25, 0.3) is 6.08 Å². The van der Waals surface area contributed by atoms with Crippen LogP contribution in [0.5, 0.6) is 0 Å². The zero-order valence-corrected chi connectivity index (χ0v) is 47.7. The van der Waals surface area contributed by atoms with Gasteiger partial charge in [-0.1, -0.05) is 144 Å². The van der Waals surface area contributed by atoms with Gasteiger partial charge in [0, 0.05) is 46.9 Å². The van der Waals surface area contributed by atoms with Crippen LogP contribution in [0, 0.1) is 75.9 Å². The van der Waals surface area contributed by atoms with Gasteiger partial charge in [0.2, 0.25) is 0 Å². The van der Waals surface area contributed by atoms with E-state index in [-0.39, 0.29) is 16.2 Å². The van der Waals surface area contributed by atoms with Crippen molar-refractivity contribution < 1.29 is 0 Å². The minimum Gasteiger partial charge on any atom is -0.365 e. The summed E-state index contributed by atoms with van der Waals surface area (Å²) in [5.74, 6) is 7.97. The Morgan fingerprint density at radius 2 is 1.63 bits per heavy atom. The van der Waals surface area contributed by atoms with Gasteiger partial charge >= 0.3 is 0 Å². The monoisotopic (exact) mass is 1010 g/mol. The summed E-state index contributed by atoms with van der Waals surface area (Å²) < 4.78 is 0. The number of allylic oxidation sites excluding steroid dienone is 16. The average Bonchev–Trinajstić information content (AvgIpc) is 4.21. The van der Waals surface area contributed by atoms with Crippen LogP contribution in [0.3, 0.4) is 0 Å². The average molecular weight is 1010 g/mol. The number of anilines is 1. The topological polar surface area (TPSA) is 6.48 Å². The zero-order valence-electron chi connectivity index (χ0n) is 47.7. The molecule has 0 N–H and O–H groups in total. The van der Waals surface area contributed by atoms with Crippen LogP contribution in [-0.2, 0) is 11.8 Å². The molecular formula is C74H90N2. The Hall–Kier alpha value is -4.30. The number of aryl methyl sites for hydroxylation is 1. The normalized spacial score (nSPS) is 39.8. The third kappa shape index (κ3) is 6.69. The molecule has 0 aromatic heterocycles. The van der Waals surface area contributed by atoms with E-state index >= 15 is 0 Å². The summed E-state index contributed by atoms with van der Waals surface area (Å²) in [4.78, 5) is 6.50. The molecule has 4 saturated carbocycles. The van der Waals surface area contributed by atoms with Gasteiger partial charge in [-0.15, -0.1) is 0 Å². The first-order chi connectivity index (χ1) is 36.9. The zero-order chi connectivity index (χ0) is 51.1. The standard InChI is InChI=1S/C74H90N2/c1-8-43-40-64(75(49-30-28-44-18-9-11-20-46(44)38-49)62-27-17-24-54-52-22-13-15-25-59(52)73(4,5)69(54)62)58-42-61-65-48(36-37-72(61,2)3)41-63(56-34-32-51(43)66(58)67(56)65)76(50-31-29-45-19-10-12-21-47(45)39-50)71-57-35-33-55-53-23-14-16-26-60(53)74(6,7)70(55)68(57)71/h9,12-16,18,21-23,25-26,29,31,39,41,43-44,46,49,52,55-57,59,61-62,67-68,70-71H,8,10-11,17,19-20,24,27-28,30,32-38,40,42H2,1-7H3/t43?,44?,46?,49?,52?,55?,56?,57-,59?,61?,62?,67?,68?,70?,71?/m1/s1. The van der Waals surface area contributed by atoms with E-state index in [1.807, 2.05) is 39.1 Å². The van der Waals surface area contributed by atoms with Crippen molar-refractivity contribution in [3.8, 4) is 0 Å². The van der Waals surface area contributed by atoms with Gasteiger partial charge in [-0.3, -0.25) is 0 Å². The molecule has 4 fully saturated rings. The fourth-order valence-corrected chi connectivity index (χ4v) is 22.1. The molecule has 0 saturated heterocycles. The molecule has 0 bridgehead atoms. The summed E-state index contributed by atoms with van der Waals surface area (Å²) in [6, 6.07) is 19.3. The summed E-state index contributed by atoms with van der Waals surface area (Å²) in [7, 11) is 0. The van der Waals surface area contributed by atoms with Gasteiger partial charge in [0.25, 0.3) is 0 Å². The Morgan fingerprint density at radius 1 is 0.750 bits per heavy atom.